The number of carbonyl (C=O) groups excluding carboxylic acids is 1. The normalized spacial score (nSPS) is 14.8. The standard InChI is InChI=1S/C24H23N3O4S2/c1-14-7-12-18-20(13-14)33-22(21(18)23(28)31-2)26-24(32)25-16-10-8-15(9-11-16)17-5-3-4-6-19(17)27(29)30/h3-6,8-11,14H,7,12-13H2,1-2H3,(H2,25,26,32). The van der Waals surface area contributed by atoms with E-state index in [-0.39, 0.29) is 16.6 Å². The van der Waals surface area contributed by atoms with E-state index in [9.17, 15) is 14.9 Å². The average molecular weight is 482 g/mol. The van der Waals surface area contributed by atoms with E-state index in [0.29, 0.717) is 27.2 Å². The molecule has 1 unspecified atom stereocenters. The second-order valence-corrected chi connectivity index (χ2v) is 9.49. The highest BCUT2D eigenvalue weighted by Crippen LogP contribution is 2.40. The van der Waals surface area contributed by atoms with E-state index in [0.717, 1.165) is 36.1 Å². The molecule has 3 aromatic rings. The summed E-state index contributed by atoms with van der Waals surface area (Å²) >= 11 is 7.04. The topological polar surface area (TPSA) is 93.5 Å². The van der Waals surface area contributed by atoms with Crippen LogP contribution >= 0.6 is 23.6 Å². The number of rotatable bonds is 5. The zero-order chi connectivity index (χ0) is 23.5. The van der Waals surface area contributed by atoms with Crippen molar-refractivity contribution in [1.82, 2.24) is 0 Å². The lowest BCUT2D eigenvalue weighted by Gasteiger charge is -2.18. The van der Waals surface area contributed by atoms with Gasteiger partial charge in [-0.1, -0.05) is 31.2 Å². The van der Waals surface area contributed by atoms with Gasteiger partial charge in [0.25, 0.3) is 5.69 Å². The van der Waals surface area contributed by atoms with Crippen LogP contribution in [0.4, 0.5) is 16.4 Å². The summed E-state index contributed by atoms with van der Waals surface area (Å²) in [5.74, 6) is 0.222. The van der Waals surface area contributed by atoms with Crippen LogP contribution in [0, 0.1) is 16.0 Å². The lowest BCUT2D eigenvalue weighted by atomic mass is 9.88. The van der Waals surface area contributed by atoms with Crippen LogP contribution < -0.4 is 10.6 Å². The molecular formula is C24H23N3O4S2. The molecule has 1 aromatic heterocycles. The summed E-state index contributed by atoms with van der Waals surface area (Å²) < 4.78 is 5.03. The van der Waals surface area contributed by atoms with Gasteiger partial charge in [0.15, 0.2) is 5.11 Å². The fourth-order valence-corrected chi connectivity index (χ4v) is 5.72. The second kappa shape index (κ2) is 9.68. The van der Waals surface area contributed by atoms with Gasteiger partial charge in [-0.25, -0.2) is 4.79 Å². The number of nitro groups is 1. The number of nitro benzene ring substituents is 1. The van der Waals surface area contributed by atoms with Gasteiger partial charge in [0.2, 0.25) is 0 Å². The highest BCUT2D eigenvalue weighted by molar-refractivity contribution is 7.80. The van der Waals surface area contributed by atoms with E-state index in [1.165, 1.54) is 18.1 Å². The lowest BCUT2D eigenvalue weighted by molar-refractivity contribution is -0.384. The SMILES string of the molecule is COC(=O)c1c(NC(=S)Nc2ccc(-c3ccccc3[N+](=O)[O-])cc2)sc2c1CCC(C)C2. The summed E-state index contributed by atoms with van der Waals surface area (Å²) in [6.07, 6.45) is 2.84. The van der Waals surface area contributed by atoms with Crippen molar-refractivity contribution in [3.63, 3.8) is 0 Å². The Kier molecular flexibility index (Phi) is 6.71. The number of methoxy groups -OCH3 is 1. The summed E-state index contributed by atoms with van der Waals surface area (Å²) in [5.41, 5.74) is 3.70. The molecule has 7 nitrogen and oxygen atoms in total. The third kappa shape index (κ3) is 4.89. The molecule has 0 fully saturated rings. The Morgan fingerprint density at radius 2 is 1.91 bits per heavy atom. The minimum Gasteiger partial charge on any atom is -0.465 e. The molecule has 2 aromatic carbocycles. The predicted molar refractivity (Wildman–Crippen MR) is 135 cm³/mol. The fourth-order valence-electron chi connectivity index (χ4n) is 4.03. The van der Waals surface area contributed by atoms with Crippen molar-refractivity contribution in [2.24, 2.45) is 5.92 Å². The highest BCUT2D eigenvalue weighted by atomic mass is 32.1. The zero-order valence-electron chi connectivity index (χ0n) is 18.2. The molecular weight excluding hydrogens is 458 g/mol. The summed E-state index contributed by atoms with van der Waals surface area (Å²) in [4.78, 5) is 24.6. The molecule has 0 spiro atoms. The van der Waals surface area contributed by atoms with Crippen LogP contribution in [-0.2, 0) is 17.6 Å². The van der Waals surface area contributed by atoms with Gasteiger partial charge < -0.3 is 15.4 Å². The monoisotopic (exact) mass is 481 g/mol. The predicted octanol–water partition coefficient (Wildman–Crippen LogP) is 6.04. The first kappa shape index (κ1) is 22.9. The Morgan fingerprint density at radius 3 is 2.61 bits per heavy atom. The van der Waals surface area contributed by atoms with Crippen LogP contribution in [0.3, 0.4) is 0 Å². The number of hydrogen-bond donors (Lipinski definition) is 2. The highest BCUT2D eigenvalue weighted by Gasteiger charge is 2.28. The van der Waals surface area contributed by atoms with Gasteiger partial charge in [-0.3, -0.25) is 10.1 Å². The molecule has 170 valence electrons. The second-order valence-electron chi connectivity index (χ2n) is 7.98. The molecule has 1 aliphatic rings. The number of nitrogens with zero attached hydrogens (tertiary/aromatic N) is 1. The Bertz CT molecular complexity index is 1220. The molecule has 0 amide bonds. The lowest BCUT2D eigenvalue weighted by Crippen LogP contribution is -2.20. The molecule has 33 heavy (non-hydrogen) atoms. The van der Waals surface area contributed by atoms with E-state index < -0.39 is 0 Å². The first-order chi connectivity index (χ1) is 15.9. The number of anilines is 2. The quantitative estimate of drug-likeness (QED) is 0.198. The number of esters is 1. The molecule has 0 saturated carbocycles. The van der Waals surface area contributed by atoms with Crippen LogP contribution in [0.15, 0.2) is 48.5 Å². The molecule has 0 saturated heterocycles. The van der Waals surface area contributed by atoms with Gasteiger partial charge in [-0.05, 0) is 66.7 Å². The molecule has 0 aliphatic heterocycles. The molecule has 9 heteroatoms. The largest absolute Gasteiger partial charge is 0.465 e. The maximum atomic E-state index is 12.5. The van der Waals surface area contributed by atoms with Crippen molar-refractivity contribution in [1.29, 1.82) is 0 Å². The molecule has 4 rings (SSSR count). The van der Waals surface area contributed by atoms with Crippen LogP contribution in [-0.4, -0.2) is 23.1 Å². The van der Waals surface area contributed by atoms with Crippen LogP contribution in [0.2, 0.25) is 0 Å². The maximum absolute atomic E-state index is 12.5. The fraction of sp³-hybridized carbons (Fsp3) is 0.250. The Hall–Kier alpha value is -3.30. The van der Waals surface area contributed by atoms with E-state index in [4.69, 9.17) is 17.0 Å². The van der Waals surface area contributed by atoms with Crippen LogP contribution in [0.1, 0.15) is 34.1 Å². The number of para-hydroxylation sites is 1. The molecule has 1 aliphatic carbocycles. The first-order valence-electron chi connectivity index (χ1n) is 10.5. The zero-order valence-corrected chi connectivity index (χ0v) is 19.8. The van der Waals surface area contributed by atoms with Crippen molar-refractivity contribution in [2.75, 3.05) is 17.7 Å². The van der Waals surface area contributed by atoms with Gasteiger partial charge in [0.05, 0.1) is 23.2 Å². The Balaban J connectivity index is 1.51. The number of thiocarbonyl (C=S) groups is 1. The third-order valence-corrected chi connectivity index (χ3v) is 7.06. The number of hydrogen-bond acceptors (Lipinski definition) is 6. The smallest absolute Gasteiger partial charge is 0.341 e. The van der Waals surface area contributed by atoms with Crippen LogP contribution in [0.25, 0.3) is 11.1 Å². The van der Waals surface area contributed by atoms with Gasteiger partial charge in [0.1, 0.15) is 5.00 Å². The number of nitrogens with one attached hydrogen (secondary N) is 2. The van der Waals surface area contributed by atoms with Crippen molar-refractivity contribution >= 4 is 51.0 Å². The van der Waals surface area contributed by atoms with Gasteiger partial charge in [0, 0.05) is 16.6 Å². The van der Waals surface area contributed by atoms with E-state index in [1.807, 2.05) is 12.1 Å². The van der Waals surface area contributed by atoms with E-state index in [1.54, 1.807) is 41.7 Å². The molecule has 2 N–H and O–H groups in total. The summed E-state index contributed by atoms with van der Waals surface area (Å²) in [5, 5.41) is 18.6. The molecule has 0 radical (unpaired) electrons. The number of ether oxygens (including phenoxy) is 1. The third-order valence-electron chi connectivity index (χ3n) is 5.68. The van der Waals surface area contributed by atoms with Crippen molar-refractivity contribution in [2.45, 2.75) is 26.2 Å². The molecule has 1 heterocycles. The minimum atomic E-state index is -0.388. The van der Waals surface area contributed by atoms with Crippen molar-refractivity contribution in [3.8, 4) is 11.1 Å². The van der Waals surface area contributed by atoms with Crippen molar-refractivity contribution < 1.29 is 14.5 Å². The number of fused-ring (bicyclic) bond motifs is 1. The number of benzene rings is 2. The summed E-state index contributed by atoms with van der Waals surface area (Å²) in [6.45, 7) is 2.22. The first-order valence-corrected chi connectivity index (χ1v) is 11.7. The van der Waals surface area contributed by atoms with Crippen molar-refractivity contribution in [3.05, 3.63) is 74.6 Å². The van der Waals surface area contributed by atoms with Crippen LogP contribution in [0.5, 0.6) is 0 Å². The van der Waals surface area contributed by atoms with Gasteiger partial charge in [-0.15, -0.1) is 11.3 Å². The maximum Gasteiger partial charge on any atom is 0.341 e. The van der Waals surface area contributed by atoms with Gasteiger partial charge >= 0.3 is 5.97 Å². The van der Waals surface area contributed by atoms with E-state index in [2.05, 4.69) is 17.6 Å². The molecule has 1 atom stereocenters. The number of carbonyl (C=O) groups is 1. The minimum absolute atomic E-state index is 0.0571. The Morgan fingerprint density at radius 1 is 1.18 bits per heavy atom. The van der Waals surface area contributed by atoms with Gasteiger partial charge in [-0.2, -0.15) is 0 Å². The summed E-state index contributed by atoms with van der Waals surface area (Å²) in [6, 6.07) is 13.9. The van der Waals surface area contributed by atoms with E-state index >= 15 is 0 Å². The molecule has 0 bridgehead atoms. The number of thiophene rings is 1. The Labute approximate surface area is 200 Å². The average Bonchev–Trinajstić information content (AvgIpc) is 3.15. The summed E-state index contributed by atoms with van der Waals surface area (Å²) in [7, 11) is 1.39.